The Labute approximate surface area is 122 Å². The fraction of sp³-hybridized carbons (Fsp3) is 0.647. The number of thioether (sulfide) groups is 1. The molecule has 0 radical (unpaired) electrons. The summed E-state index contributed by atoms with van der Waals surface area (Å²) in [5.41, 5.74) is 0.492. The second kappa shape index (κ2) is 6.81. The van der Waals surface area contributed by atoms with Gasteiger partial charge in [-0.3, -0.25) is 0 Å². The van der Waals surface area contributed by atoms with E-state index in [1.165, 1.54) is 36.5 Å². The third-order valence-corrected chi connectivity index (χ3v) is 5.18. The molecule has 1 atom stereocenters. The summed E-state index contributed by atoms with van der Waals surface area (Å²) in [6.45, 7) is 8.13. The van der Waals surface area contributed by atoms with E-state index in [1.54, 1.807) is 0 Å². The van der Waals surface area contributed by atoms with Crippen LogP contribution in [0.1, 0.15) is 40.0 Å². The van der Waals surface area contributed by atoms with Crippen LogP contribution < -0.4 is 5.32 Å². The average molecular weight is 277 g/mol. The molecule has 1 fully saturated rings. The topological polar surface area (TPSA) is 12.0 Å². The highest BCUT2D eigenvalue weighted by atomic mass is 32.2. The van der Waals surface area contributed by atoms with Gasteiger partial charge in [-0.2, -0.15) is 0 Å². The lowest BCUT2D eigenvalue weighted by Crippen LogP contribution is -2.37. The molecule has 0 bridgehead atoms. The van der Waals surface area contributed by atoms with Crippen LogP contribution in [0.25, 0.3) is 0 Å². The zero-order valence-corrected chi connectivity index (χ0v) is 13.3. The molecule has 2 heteroatoms. The van der Waals surface area contributed by atoms with Gasteiger partial charge in [-0.1, -0.05) is 39.0 Å². The monoisotopic (exact) mass is 277 g/mol. The maximum Gasteiger partial charge on any atom is 0.00719 e. The number of hydrogen-bond donors (Lipinski definition) is 1. The van der Waals surface area contributed by atoms with E-state index >= 15 is 0 Å². The van der Waals surface area contributed by atoms with E-state index < -0.39 is 0 Å². The summed E-state index contributed by atoms with van der Waals surface area (Å²) in [5, 5.41) is 3.65. The molecular weight excluding hydrogens is 250 g/mol. The predicted molar refractivity (Wildman–Crippen MR) is 85.8 cm³/mol. The molecule has 0 heterocycles. The van der Waals surface area contributed by atoms with Gasteiger partial charge in [0.15, 0.2) is 0 Å². The lowest BCUT2D eigenvalue weighted by atomic mass is 9.82. The lowest BCUT2D eigenvalue weighted by molar-refractivity contribution is 0.243. The average Bonchev–Trinajstić information content (AvgIpc) is 3.22. The summed E-state index contributed by atoms with van der Waals surface area (Å²) in [4.78, 5) is 1.40. The van der Waals surface area contributed by atoms with Crippen LogP contribution in [0.15, 0.2) is 35.2 Å². The highest BCUT2D eigenvalue weighted by molar-refractivity contribution is 7.99. The second-order valence-corrected chi connectivity index (χ2v) is 7.54. The Balaban J connectivity index is 1.80. The molecule has 1 aliphatic carbocycles. The van der Waals surface area contributed by atoms with Gasteiger partial charge in [0.2, 0.25) is 0 Å². The van der Waals surface area contributed by atoms with Crippen LogP contribution in [0.4, 0.5) is 0 Å². The first kappa shape index (κ1) is 14.9. The van der Waals surface area contributed by atoms with Gasteiger partial charge in [-0.15, -0.1) is 11.8 Å². The molecule has 2 rings (SSSR count). The molecule has 106 valence electrons. The Bertz CT molecular complexity index is 372. The standard InChI is InChI=1S/C17H27NS/c1-14(2)18-13-17(3,15-9-10-15)11-12-19-16-7-5-4-6-8-16/h4-8,14-15,18H,9-13H2,1-3H3. The number of hydrogen-bond acceptors (Lipinski definition) is 2. The largest absolute Gasteiger partial charge is 0.314 e. The Morgan fingerprint density at radius 1 is 1.26 bits per heavy atom. The van der Waals surface area contributed by atoms with E-state index in [0.717, 1.165) is 5.92 Å². The van der Waals surface area contributed by atoms with Crippen LogP contribution in [0.2, 0.25) is 0 Å². The first-order valence-electron chi connectivity index (χ1n) is 7.51. The van der Waals surface area contributed by atoms with Crippen molar-refractivity contribution >= 4 is 11.8 Å². The first-order chi connectivity index (χ1) is 9.10. The van der Waals surface area contributed by atoms with E-state index in [2.05, 4.69) is 56.4 Å². The molecule has 1 N–H and O–H groups in total. The first-order valence-corrected chi connectivity index (χ1v) is 8.50. The van der Waals surface area contributed by atoms with Gasteiger partial charge in [-0.25, -0.2) is 0 Å². The molecule has 1 unspecified atom stereocenters. The second-order valence-electron chi connectivity index (χ2n) is 6.38. The highest BCUT2D eigenvalue weighted by Crippen LogP contribution is 2.48. The van der Waals surface area contributed by atoms with Crippen LogP contribution in [-0.4, -0.2) is 18.3 Å². The van der Waals surface area contributed by atoms with Gasteiger partial charge in [0.25, 0.3) is 0 Å². The molecule has 0 saturated heterocycles. The van der Waals surface area contributed by atoms with Crippen molar-refractivity contribution in [1.29, 1.82) is 0 Å². The number of nitrogens with one attached hydrogen (secondary N) is 1. The summed E-state index contributed by atoms with van der Waals surface area (Å²) < 4.78 is 0. The van der Waals surface area contributed by atoms with Crippen molar-refractivity contribution in [2.75, 3.05) is 12.3 Å². The van der Waals surface area contributed by atoms with E-state index in [-0.39, 0.29) is 0 Å². The fourth-order valence-corrected chi connectivity index (χ4v) is 3.73. The molecule has 1 aromatic rings. The van der Waals surface area contributed by atoms with Crippen molar-refractivity contribution in [3.05, 3.63) is 30.3 Å². The molecule has 0 spiro atoms. The predicted octanol–water partition coefficient (Wildman–Crippen LogP) is 4.58. The molecular formula is C17H27NS. The summed E-state index contributed by atoms with van der Waals surface area (Å²) >= 11 is 2.00. The molecule has 0 aromatic heterocycles. The van der Waals surface area contributed by atoms with Gasteiger partial charge in [0.05, 0.1) is 0 Å². The van der Waals surface area contributed by atoms with Crippen LogP contribution in [0.5, 0.6) is 0 Å². The van der Waals surface area contributed by atoms with Gasteiger partial charge >= 0.3 is 0 Å². The van der Waals surface area contributed by atoms with Crippen LogP contribution >= 0.6 is 11.8 Å². The summed E-state index contributed by atoms with van der Waals surface area (Å²) in [6, 6.07) is 11.4. The Kier molecular flexibility index (Phi) is 5.35. The number of benzene rings is 1. The zero-order valence-electron chi connectivity index (χ0n) is 12.5. The van der Waals surface area contributed by atoms with Gasteiger partial charge < -0.3 is 5.32 Å². The van der Waals surface area contributed by atoms with E-state index in [4.69, 9.17) is 0 Å². The van der Waals surface area contributed by atoms with Crippen molar-refractivity contribution in [3.63, 3.8) is 0 Å². The van der Waals surface area contributed by atoms with Crippen molar-refractivity contribution in [3.8, 4) is 0 Å². The molecule has 0 amide bonds. The Morgan fingerprint density at radius 3 is 2.53 bits per heavy atom. The molecule has 1 aromatic carbocycles. The quantitative estimate of drug-likeness (QED) is 0.698. The maximum atomic E-state index is 3.65. The zero-order chi connectivity index (χ0) is 13.7. The van der Waals surface area contributed by atoms with E-state index in [1.807, 2.05) is 11.8 Å². The molecule has 1 aliphatic rings. The third-order valence-electron chi connectivity index (χ3n) is 4.16. The van der Waals surface area contributed by atoms with E-state index in [0.29, 0.717) is 11.5 Å². The summed E-state index contributed by atoms with van der Waals surface area (Å²) in [7, 11) is 0. The SMILES string of the molecule is CC(C)NCC(C)(CCSc1ccccc1)C1CC1. The van der Waals surface area contributed by atoms with Crippen LogP contribution in [0, 0.1) is 11.3 Å². The normalized spacial score (nSPS) is 18.5. The van der Waals surface area contributed by atoms with Gasteiger partial charge in [0.1, 0.15) is 0 Å². The Morgan fingerprint density at radius 2 is 1.95 bits per heavy atom. The molecule has 19 heavy (non-hydrogen) atoms. The van der Waals surface area contributed by atoms with Crippen molar-refractivity contribution in [1.82, 2.24) is 5.32 Å². The minimum Gasteiger partial charge on any atom is -0.314 e. The molecule has 0 aliphatic heterocycles. The van der Waals surface area contributed by atoms with Crippen molar-refractivity contribution in [2.45, 2.75) is 51.0 Å². The lowest BCUT2D eigenvalue weighted by Gasteiger charge is -2.31. The maximum absolute atomic E-state index is 3.65. The minimum atomic E-state index is 0.492. The van der Waals surface area contributed by atoms with Gasteiger partial charge in [-0.05, 0) is 48.5 Å². The summed E-state index contributed by atoms with van der Waals surface area (Å²) in [5.74, 6) is 2.19. The third kappa shape index (κ3) is 4.85. The highest BCUT2D eigenvalue weighted by Gasteiger charge is 2.40. The van der Waals surface area contributed by atoms with E-state index in [9.17, 15) is 0 Å². The van der Waals surface area contributed by atoms with Crippen molar-refractivity contribution in [2.24, 2.45) is 11.3 Å². The minimum absolute atomic E-state index is 0.492. The molecule has 1 nitrogen and oxygen atoms in total. The summed E-state index contributed by atoms with van der Waals surface area (Å²) in [6.07, 6.45) is 4.19. The van der Waals surface area contributed by atoms with Gasteiger partial charge in [0, 0.05) is 17.5 Å². The van der Waals surface area contributed by atoms with Crippen molar-refractivity contribution < 1.29 is 0 Å². The smallest absolute Gasteiger partial charge is 0.00719 e. The van der Waals surface area contributed by atoms with Crippen LogP contribution in [0.3, 0.4) is 0 Å². The van der Waals surface area contributed by atoms with Crippen LogP contribution in [-0.2, 0) is 0 Å². The Hall–Kier alpha value is -0.470. The number of rotatable bonds is 8. The molecule has 1 saturated carbocycles. The fourth-order valence-electron chi connectivity index (χ4n) is 2.57.